The standard InChI is InChI=1S/C15H24N2O/c1-10-6-7-14(13(4)12(10)3)17(5)15(18)11(2)8-9-16/h6-7,11H,8-9,16H2,1-5H3. The molecule has 0 aliphatic carbocycles. The number of nitrogens with two attached hydrogens (primary N) is 1. The van der Waals surface area contributed by atoms with E-state index in [1.807, 2.05) is 20.0 Å². The number of aryl methyl sites for hydroxylation is 1. The van der Waals surface area contributed by atoms with E-state index in [1.165, 1.54) is 16.7 Å². The summed E-state index contributed by atoms with van der Waals surface area (Å²) in [7, 11) is 1.84. The summed E-state index contributed by atoms with van der Waals surface area (Å²) in [6.07, 6.45) is 0.729. The molecule has 2 N–H and O–H groups in total. The number of nitrogens with zero attached hydrogens (tertiary/aromatic N) is 1. The molecule has 0 aliphatic heterocycles. The van der Waals surface area contributed by atoms with E-state index in [0.29, 0.717) is 6.54 Å². The lowest BCUT2D eigenvalue weighted by Gasteiger charge is -2.24. The predicted molar refractivity (Wildman–Crippen MR) is 76.9 cm³/mol. The highest BCUT2D eigenvalue weighted by Gasteiger charge is 2.19. The molecule has 1 amide bonds. The third-order valence-electron chi connectivity index (χ3n) is 3.74. The van der Waals surface area contributed by atoms with Crippen molar-refractivity contribution in [1.29, 1.82) is 0 Å². The highest BCUT2D eigenvalue weighted by molar-refractivity contribution is 5.95. The fourth-order valence-corrected chi connectivity index (χ4v) is 2.13. The molecule has 3 heteroatoms. The zero-order valence-corrected chi connectivity index (χ0v) is 12.1. The van der Waals surface area contributed by atoms with Crippen LogP contribution in [0.3, 0.4) is 0 Å². The summed E-state index contributed by atoms with van der Waals surface area (Å²) in [5, 5.41) is 0. The minimum Gasteiger partial charge on any atom is -0.330 e. The largest absolute Gasteiger partial charge is 0.330 e. The lowest BCUT2D eigenvalue weighted by molar-refractivity contribution is -0.121. The van der Waals surface area contributed by atoms with Gasteiger partial charge in [-0.2, -0.15) is 0 Å². The smallest absolute Gasteiger partial charge is 0.229 e. The molecule has 1 rings (SSSR count). The first kappa shape index (κ1) is 14.7. The zero-order chi connectivity index (χ0) is 13.9. The predicted octanol–water partition coefficient (Wildman–Crippen LogP) is 2.56. The second-order valence-electron chi connectivity index (χ2n) is 5.03. The van der Waals surface area contributed by atoms with Gasteiger partial charge in [0.2, 0.25) is 5.91 Å². The van der Waals surface area contributed by atoms with Crippen LogP contribution in [-0.2, 0) is 4.79 Å². The highest BCUT2D eigenvalue weighted by atomic mass is 16.2. The molecule has 1 unspecified atom stereocenters. The van der Waals surface area contributed by atoms with Crippen molar-refractivity contribution in [1.82, 2.24) is 0 Å². The number of rotatable bonds is 4. The number of amides is 1. The zero-order valence-electron chi connectivity index (χ0n) is 12.1. The van der Waals surface area contributed by atoms with Gasteiger partial charge in [-0.1, -0.05) is 13.0 Å². The average molecular weight is 248 g/mol. The van der Waals surface area contributed by atoms with Crippen LogP contribution in [0.5, 0.6) is 0 Å². The summed E-state index contributed by atoms with van der Waals surface area (Å²) < 4.78 is 0. The average Bonchev–Trinajstić information content (AvgIpc) is 2.35. The van der Waals surface area contributed by atoms with Crippen molar-refractivity contribution in [3.63, 3.8) is 0 Å². The summed E-state index contributed by atoms with van der Waals surface area (Å²) in [6, 6.07) is 4.08. The van der Waals surface area contributed by atoms with Crippen molar-refractivity contribution in [2.75, 3.05) is 18.5 Å². The van der Waals surface area contributed by atoms with Crippen molar-refractivity contribution in [2.24, 2.45) is 11.7 Å². The molecule has 0 saturated heterocycles. The van der Waals surface area contributed by atoms with Gasteiger partial charge in [-0.05, 0) is 56.5 Å². The quantitative estimate of drug-likeness (QED) is 0.890. The van der Waals surface area contributed by atoms with Gasteiger partial charge in [0, 0.05) is 18.7 Å². The molecule has 0 heterocycles. The Morgan fingerprint density at radius 2 is 1.89 bits per heavy atom. The van der Waals surface area contributed by atoms with E-state index < -0.39 is 0 Å². The van der Waals surface area contributed by atoms with Gasteiger partial charge in [0.1, 0.15) is 0 Å². The maximum atomic E-state index is 12.3. The van der Waals surface area contributed by atoms with Crippen LogP contribution >= 0.6 is 0 Å². The van der Waals surface area contributed by atoms with Gasteiger partial charge in [0.05, 0.1) is 0 Å². The molecule has 0 radical (unpaired) electrons. The Labute approximate surface area is 110 Å². The molecule has 3 nitrogen and oxygen atoms in total. The van der Waals surface area contributed by atoms with E-state index >= 15 is 0 Å². The van der Waals surface area contributed by atoms with Crippen LogP contribution in [0, 0.1) is 26.7 Å². The molecule has 0 bridgehead atoms. The first-order valence-corrected chi connectivity index (χ1v) is 6.44. The summed E-state index contributed by atoms with van der Waals surface area (Å²) in [4.78, 5) is 14.0. The molecule has 0 spiro atoms. The fourth-order valence-electron chi connectivity index (χ4n) is 2.13. The van der Waals surface area contributed by atoms with Gasteiger partial charge in [0.25, 0.3) is 0 Å². The van der Waals surface area contributed by atoms with Crippen molar-refractivity contribution in [3.05, 3.63) is 28.8 Å². The molecule has 0 fully saturated rings. The van der Waals surface area contributed by atoms with Gasteiger partial charge in [-0.15, -0.1) is 0 Å². The molecular weight excluding hydrogens is 224 g/mol. The Bertz CT molecular complexity index is 440. The number of carbonyl (C=O) groups is 1. The number of hydrogen-bond acceptors (Lipinski definition) is 2. The van der Waals surface area contributed by atoms with Crippen molar-refractivity contribution >= 4 is 11.6 Å². The summed E-state index contributed by atoms with van der Waals surface area (Å²) >= 11 is 0. The molecule has 1 atom stereocenters. The van der Waals surface area contributed by atoms with Gasteiger partial charge < -0.3 is 10.6 Å². The number of benzene rings is 1. The third kappa shape index (κ3) is 2.91. The summed E-state index contributed by atoms with van der Waals surface area (Å²) in [5.74, 6) is 0.104. The van der Waals surface area contributed by atoms with Crippen molar-refractivity contribution < 1.29 is 4.79 Å². The van der Waals surface area contributed by atoms with Crippen LogP contribution in [0.1, 0.15) is 30.0 Å². The van der Waals surface area contributed by atoms with E-state index in [0.717, 1.165) is 12.1 Å². The maximum Gasteiger partial charge on any atom is 0.229 e. The molecular formula is C15H24N2O. The minimum absolute atomic E-state index is 0.0268. The van der Waals surface area contributed by atoms with E-state index in [2.05, 4.69) is 26.8 Å². The molecule has 0 aliphatic rings. The molecule has 1 aromatic rings. The van der Waals surface area contributed by atoms with Gasteiger partial charge in [-0.25, -0.2) is 0 Å². The third-order valence-corrected chi connectivity index (χ3v) is 3.74. The lowest BCUT2D eigenvalue weighted by atomic mass is 10.0. The Kier molecular flexibility index (Phi) is 4.91. The molecule has 0 aromatic heterocycles. The van der Waals surface area contributed by atoms with Crippen LogP contribution in [-0.4, -0.2) is 19.5 Å². The van der Waals surface area contributed by atoms with Crippen molar-refractivity contribution in [2.45, 2.75) is 34.1 Å². The van der Waals surface area contributed by atoms with E-state index in [-0.39, 0.29) is 11.8 Å². The summed E-state index contributed by atoms with van der Waals surface area (Å²) in [5.41, 5.74) is 10.2. The minimum atomic E-state index is -0.0268. The molecule has 0 saturated carbocycles. The number of carbonyl (C=O) groups excluding carboxylic acids is 1. The first-order chi connectivity index (χ1) is 8.40. The second kappa shape index (κ2) is 6.01. The highest BCUT2D eigenvalue weighted by Crippen LogP contribution is 2.25. The SMILES string of the molecule is Cc1ccc(N(C)C(=O)C(C)CCN)c(C)c1C. The Morgan fingerprint density at radius 1 is 1.28 bits per heavy atom. The maximum absolute atomic E-state index is 12.3. The molecule has 18 heavy (non-hydrogen) atoms. The first-order valence-electron chi connectivity index (χ1n) is 6.44. The van der Waals surface area contributed by atoms with Gasteiger partial charge in [0.15, 0.2) is 0 Å². The van der Waals surface area contributed by atoms with Crippen molar-refractivity contribution in [3.8, 4) is 0 Å². The molecule has 1 aromatic carbocycles. The number of anilines is 1. The van der Waals surface area contributed by atoms with Crippen LogP contribution < -0.4 is 10.6 Å². The van der Waals surface area contributed by atoms with E-state index in [4.69, 9.17) is 5.73 Å². The van der Waals surface area contributed by atoms with E-state index in [1.54, 1.807) is 4.90 Å². The van der Waals surface area contributed by atoms with Gasteiger partial charge >= 0.3 is 0 Å². The van der Waals surface area contributed by atoms with Crippen LogP contribution in [0.25, 0.3) is 0 Å². The topological polar surface area (TPSA) is 46.3 Å². The number of hydrogen-bond donors (Lipinski definition) is 1. The fraction of sp³-hybridized carbons (Fsp3) is 0.533. The second-order valence-corrected chi connectivity index (χ2v) is 5.03. The monoisotopic (exact) mass is 248 g/mol. The van der Waals surface area contributed by atoms with Crippen LogP contribution in [0.15, 0.2) is 12.1 Å². The molecule has 100 valence electrons. The van der Waals surface area contributed by atoms with Crippen LogP contribution in [0.2, 0.25) is 0 Å². The van der Waals surface area contributed by atoms with Gasteiger partial charge in [-0.3, -0.25) is 4.79 Å². The Morgan fingerprint density at radius 3 is 2.44 bits per heavy atom. The van der Waals surface area contributed by atoms with E-state index in [9.17, 15) is 4.79 Å². The Balaban J connectivity index is 3.01. The Hall–Kier alpha value is -1.35. The van der Waals surface area contributed by atoms with Crippen LogP contribution in [0.4, 0.5) is 5.69 Å². The normalized spacial score (nSPS) is 12.3. The lowest BCUT2D eigenvalue weighted by Crippen LogP contribution is -2.33. The summed E-state index contributed by atoms with van der Waals surface area (Å²) in [6.45, 7) is 8.73.